The highest BCUT2D eigenvalue weighted by molar-refractivity contribution is 7.91. The van der Waals surface area contributed by atoms with Gasteiger partial charge in [-0.05, 0) is 23.2 Å². The molecule has 3 heteroatoms. The van der Waals surface area contributed by atoms with E-state index in [0.717, 1.165) is 0 Å². The zero-order chi connectivity index (χ0) is 11.1. The van der Waals surface area contributed by atoms with E-state index in [1.807, 2.05) is 0 Å². The summed E-state index contributed by atoms with van der Waals surface area (Å²) in [5.41, 5.74) is 0.110. The molecule has 0 aliphatic carbocycles. The van der Waals surface area contributed by atoms with Gasteiger partial charge in [0.25, 0.3) is 0 Å². The molecule has 0 aromatic rings. The fraction of sp³-hybridized carbons (Fsp3) is 1.00. The van der Waals surface area contributed by atoms with Crippen LogP contribution in [0, 0.1) is 23.2 Å². The maximum absolute atomic E-state index is 11.6. The summed E-state index contributed by atoms with van der Waals surface area (Å²) in [4.78, 5) is 0. The number of hydrogen-bond acceptors (Lipinski definition) is 2. The van der Waals surface area contributed by atoms with Crippen LogP contribution < -0.4 is 0 Å². The van der Waals surface area contributed by atoms with E-state index >= 15 is 0 Å². The Hall–Kier alpha value is -0.0500. The Labute approximate surface area is 88.0 Å². The van der Waals surface area contributed by atoms with Crippen LogP contribution in [-0.2, 0) is 9.84 Å². The Morgan fingerprint density at radius 1 is 1.14 bits per heavy atom. The molecule has 0 aromatic carbocycles. The Morgan fingerprint density at radius 3 is 1.93 bits per heavy atom. The molecular formula is C11H22O2S. The molecule has 0 spiro atoms. The van der Waals surface area contributed by atoms with Crippen LogP contribution in [0.25, 0.3) is 0 Å². The van der Waals surface area contributed by atoms with Crippen molar-refractivity contribution in [2.75, 3.05) is 11.5 Å². The highest BCUT2D eigenvalue weighted by atomic mass is 32.2. The molecule has 2 atom stereocenters. The summed E-state index contributed by atoms with van der Waals surface area (Å²) in [5, 5.41) is 0. The van der Waals surface area contributed by atoms with Gasteiger partial charge < -0.3 is 0 Å². The van der Waals surface area contributed by atoms with Crippen molar-refractivity contribution in [1.82, 2.24) is 0 Å². The van der Waals surface area contributed by atoms with Gasteiger partial charge in [-0.15, -0.1) is 0 Å². The van der Waals surface area contributed by atoms with Crippen LogP contribution in [0.5, 0.6) is 0 Å². The smallest absolute Gasteiger partial charge is 0.150 e. The van der Waals surface area contributed by atoms with Gasteiger partial charge in [0, 0.05) is 0 Å². The minimum absolute atomic E-state index is 0.110. The van der Waals surface area contributed by atoms with Crippen molar-refractivity contribution in [1.29, 1.82) is 0 Å². The van der Waals surface area contributed by atoms with Gasteiger partial charge in [-0.3, -0.25) is 0 Å². The maximum atomic E-state index is 11.6. The molecule has 0 radical (unpaired) electrons. The molecule has 0 N–H and O–H groups in total. The normalized spacial score (nSPS) is 32.4. The second-order valence-corrected chi connectivity index (χ2v) is 8.11. The molecule has 1 aliphatic rings. The van der Waals surface area contributed by atoms with Gasteiger partial charge in [-0.1, -0.05) is 34.6 Å². The van der Waals surface area contributed by atoms with E-state index in [0.29, 0.717) is 29.3 Å². The molecule has 0 amide bonds. The summed E-state index contributed by atoms with van der Waals surface area (Å²) in [6.07, 6.45) is 0. The molecule has 1 saturated heterocycles. The van der Waals surface area contributed by atoms with Crippen molar-refractivity contribution in [3.05, 3.63) is 0 Å². The molecule has 2 nitrogen and oxygen atoms in total. The van der Waals surface area contributed by atoms with Crippen molar-refractivity contribution in [3.8, 4) is 0 Å². The standard InChI is InChI=1S/C11H22O2S/c1-8(2)9-6-14(12,13)7-10(9)11(3,4)5/h8-10H,6-7H2,1-5H3/t9-,10-/m1/s1. The van der Waals surface area contributed by atoms with Crippen LogP contribution >= 0.6 is 0 Å². The van der Waals surface area contributed by atoms with Gasteiger partial charge in [0.05, 0.1) is 11.5 Å². The fourth-order valence-electron chi connectivity index (χ4n) is 2.42. The summed E-state index contributed by atoms with van der Waals surface area (Å²) >= 11 is 0. The fourth-order valence-corrected chi connectivity index (χ4v) is 5.06. The second-order valence-electron chi connectivity index (χ2n) is 5.96. The molecule has 1 aliphatic heterocycles. The largest absolute Gasteiger partial charge is 0.229 e. The quantitative estimate of drug-likeness (QED) is 0.677. The lowest BCUT2D eigenvalue weighted by Gasteiger charge is -2.33. The van der Waals surface area contributed by atoms with Crippen LogP contribution in [0.15, 0.2) is 0 Å². The zero-order valence-corrected chi connectivity index (χ0v) is 10.7. The molecule has 1 rings (SSSR count). The van der Waals surface area contributed by atoms with Crippen molar-refractivity contribution in [2.24, 2.45) is 23.2 Å². The van der Waals surface area contributed by atoms with Gasteiger partial charge in [0.2, 0.25) is 0 Å². The first-order valence-corrected chi connectivity index (χ1v) is 7.16. The van der Waals surface area contributed by atoms with E-state index in [1.54, 1.807) is 0 Å². The van der Waals surface area contributed by atoms with Gasteiger partial charge in [0.1, 0.15) is 0 Å². The monoisotopic (exact) mass is 218 g/mol. The first-order chi connectivity index (χ1) is 6.13. The SMILES string of the molecule is CC(C)[C@H]1CS(=O)(=O)C[C@H]1C(C)(C)C. The van der Waals surface area contributed by atoms with E-state index in [9.17, 15) is 8.42 Å². The van der Waals surface area contributed by atoms with Gasteiger partial charge in [-0.25, -0.2) is 8.42 Å². The molecule has 84 valence electrons. The molecular weight excluding hydrogens is 196 g/mol. The maximum Gasteiger partial charge on any atom is 0.150 e. The summed E-state index contributed by atoms with van der Waals surface area (Å²) in [6, 6.07) is 0. The lowest BCUT2D eigenvalue weighted by Crippen LogP contribution is -2.30. The summed E-state index contributed by atoms with van der Waals surface area (Å²) in [6.45, 7) is 10.7. The van der Waals surface area contributed by atoms with Crippen molar-refractivity contribution in [2.45, 2.75) is 34.6 Å². The van der Waals surface area contributed by atoms with E-state index in [4.69, 9.17) is 0 Å². The number of hydrogen-bond donors (Lipinski definition) is 0. The minimum Gasteiger partial charge on any atom is -0.229 e. The van der Waals surface area contributed by atoms with Crippen molar-refractivity contribution in [3.63, 3.8) is 0 Å². The second kappa shape index (κ2) is 3.51. The van der Waals surface area contributed by atoms with Gasteiger partial charge in [0.15, 0.2) is 9.84 Å². The Bertz CT molecular complexity index is 296. The van der Waals surface area contributed by atoms with Crippen LogP contribution in [0.2, 0.25) is 0 Å². The number of sulfone groups is 1. The molecule has 1 heterocycles. The average molecular weight is 218 g/mol. The first-order valence-electron chi connectivity index (χ1n) is 5.34. The Kier molecular flexibility index (Phi) is 3.01. The Balaban J connectivity index is 2.95. The molecule has 1 fully saturated rings. The third-order valence-corrected chi connectivity index (χ3v) is 5.13. The third kappa shape index (κ3) is 2.50. The van der Waals surface area contributed by atoms with E-state index in [-0.39, 0.29) is 5.41 Å². The van der Waals surface area contributed by atoms with Crippen LogP contribution in [0.3, 0.4) is 0 Å². The predicted octanol–water partition coefficient (Wildman–Crippen LogP) is 2.35. The van der Waals surface area contributed by atoms with E-state index < -0.39 is 9.84 Å². The summed E-state index contributed by atoms with van der Waals surface area (Å²) in [7, 11) is -2.77. The third-order valence-electron chi connectivity index (χ3n) is 3.37. The topological polar surface area (TPSA) is 34.1 Å². The Morgan fingerprint density at radius 2 is 1.64 bits per heavy atom. The average Bonchev–Trinajstić information content (AvgIpc) is 2.24. The van der Waals surface area contributed by atoms with Crippen LogP contribution in [0.1, 0.15) is 34.6 Å². The molecule has 0 saturated carbocycles. The molecule has 0 unspecified atom stereocenters. The van der Waals surface area contributed by atoms with Crippen molar-refractivity contribution >= 4 is 9.84 Å². The molecule has 0 aromatic heterocycles. The van der Waals surface area contributed by atoms with Gasteiger partial charge >= 0.3 is 0 Å². The zero-order valence-electron chi connectivity index (χ0n) is 9.87. The van der Waals surface area contributed by atoms with Crippen LogP contribution in [-0.4, -0.2) is 19.9 Å². The lowest BCUT2D eigenvalue weighted by molar-refractivity contribution is 0.170. The minimum atomic E-state index is -2.77. The summed E-state index contributed by atoms with van der Waals surface area (Å²) < 4.78 is 23.2. The van der Waals surface area contributed by atoms with E-state index in [1.165, 1.54) is 0 Å². The van der Waals surface area contributed by atoms with E-state index in [2.05, 4.69) is 34.6 Å². The highest BCUT2D eigenvalue weighted by Gasteiger charge is 2.44. The van der Waals surface area contributed by atoms with Crippen LogP contribution in [0.4, 0.5) is 0 Å². The van der Waals surface area contributed by atoms with Crippen molar-refractivity contribution < 1.29 is 8.42 Å². The highest BCUT2D eigenvalue weighted by Crippen LogP contribution is 2.42. The first kappa shape index (κ1) is 12.0. The molecule has 14 heavy (non-hydrogen) atoms. The van der Waals surface area contributed by atoms with Gasteiger partial charge in [-0.2, -0.15) is 0 Å². The summed E-state index contributed by atoms with van der Waals surface area (Å²) in [5.74, 6) is 1.93. The predicted molar refractivity (Wildman–Crippen MR) is 59.9 cm³/mol. The number of rotatable bonds is 1. The lowest BCUT2D eigenvalue weighted by atomic mass is 9.71. The molecule has 0 bridgehead atoms.